The van der Waals surface area contributed by atoms with Crippen molar-refractivity contribution in [2.45, 2.75) is 15.3 Å². The van der Waals surface area contributed by atoms with Gasteiger partial charge >= 0.3 is 0 Å². The minimum Gasteiger partial charge on any atom is -0.337 e. The van der Waals surface area contributed by atoms with Gasteiger partial charge in [0.1, 0.15) is 1.43 Å². The van der Waals surface area contributed by atoms with Gasteiger partial charge in [0.15, 0.2) is 5.82 Å². The van der Waals surface area contributed by atoms with Crippen LogP contribution in [0.25, 0.3) is 0 Å². The molecule has 0 radical (unpaired) electrons. The van der Waals surface area contributed by atoms with Gasteiger partial charge in [0.2, 0.25) is 0 Å². The Labute approximate surface area is 86.2 Å². The second kappa shape index (κ2) is 2.92. The average Bonchev–Trinajstić information content (AvgIpc) is 2.11. The summed E-state index contributed by atoms with van der Waals surface area (Å²) in [6, 6.07) is 0. The molecule has 3 nitrogen and oxygen atoms in total. The quantitative estimate of drug-likeness (QED) is 0.568. The SMILES string of the molecule is Cc1noc(C(C)(I)I)n1. The molecule has 0 aromatic carbocycles. The van der Waals surface area contributed by atoms with Gasteiger partial charge < -0.3 is 4.52 Å². The summed E-state index contributed by atoms with van der Waals surface area (Å²) in [6.07, 6.45) is 0. The van der Waals surface area contributed by atoms with E-state index in [0.717, 1.165) is 0 Å². The molecule has 1 heterocycles. The molecule has 0 bridgehead atoms. The van der Waals surface area contributed by atoms with E-state index in [-0.39, 0.29) is 1.43 Å². The predicted octanol–water partition coefficient (Wildman–Crippen LogP) is 2.42. The highest BCUT2D eigenvalue weighted by molar-refractivity contribution is 14.2. The van der Waals surface area contributed by atoms with Gasteiger partial charge in [-0.25, -0.2) is 0 Å². The van der Waals surface area contributed by atoms with Crippen LogP contribution in [0, 0.1) is 6.92 Å². The van der Waals surface area contributed by atoms with Crippen molar-refractivity contribution in [3.8, 4) is 0 Å². The molecule has 0 N–H and O–H groups in total. The fourth-order valence-electron chi connectivity index (χ4n) is 0.475. The Morgan fingerprint density at radius 1 is 1.50 bits per heavy atom. The molecular weight excluding hydrogens is 358 g/mol. The summed E-state index contributed by atoms with van der Waals surface area (Å²) < 4.78 is 4.87. The number of hydrogen-bond donors (Lipinski definition) is 0. The van der Waals surface area contributed by atoms with E-state index in [9.17, 15) is 0 Å². The molecule has 0 fully saturated rings. The van der Waals surface area contributed by atoms with E-state index >= 15 is 0 Å². The zero-order valence-electron chi connectivity index (χ0n) is 5.56. The molecule has 0 amide bonds. The van der Waals surface area contributed by atoms with Crippen LogP contribution in [0.3, 0.4) is 0 Å². The maximum absolute atomic E-state index is 4.95. The molecule has 0 aliphatic rings. The van der Waals surface area contributed by atoms with Crippen LogP contribution in [-0.2, 0) is 1.43 Å². The van der Waals surface area contributed by atoms with E-state index in [2.05, 4.69) is 55.3 Å². The van der Waals surface area contributed by atoms with Gasteiger partial charge in [0.05, 0.1) is 0 Å². The van der Waals surface area contributed by atoms with Crippen LogP contribution in [-0.4, -0.2) is 10.1 Å². The molecule has 0 aliphatic carbocycles. The van der Waals surface area contributed by atoms with Crippen LogP contribution >= 0.6 is 45.2 Å². The summed E-state index contributed by atoms with van der Waals surface area (Å²) in [5.41, 5.74) is 0. The number of aromatic nitrogens is 2. The minimum atomic E-state index is -0.0865. The van der Waals surface area contributed by atoms with Crippen LogP contribution in [0.5, 0.6) is 0 Å². The third-order valence-electron chi connectivity index (χ3n) is 0.903. The van der Waals surface area contributed by atoms with E-state index in [1.165, 1.54) is 0 Å². The van der Waals surface area contributed by atoms with Gasteiger partial charge in [-0.2, -0.15) is 4.98 Å². The first-order valence-electron chi connectivity index (χ1n) is 2.69. The van der Waals surface area contributed by atoms with Gasteiger partial charge in [-0.1, -0.05) is 50.3 Å². The number of halogens is 2. The van der Waals surface area contributed by atoms with E-state index in [1.54, 1.807) is 0 Å². The number of alkyl halides is 2. The van der Waals surface area contributed by atoms with Crippen LogP contribution in [0.1, 0.15) is 18.6 Å². The lowest BCUT2D eigenvalue weighted by molar-refractivity contribution is 0.376. The Hall–Kier alpha value is 0.600. The predicted molar refractivity (Wildman–Crippen MR) is 54.4 cm³/mol. The summed E-state index contributed by atoms with van der Waals surface area (Å²) in [7, 11) is 0. The second-order valence-corrected chi connectivity index (χ2v) is 8.41. The Bertz CT molecular complexity index is 228. The van der Waals surface area contributed by atoms with Crippen molar-refractivity contribution >= 4 is 45.2 Å². The maximum atomic E-state index is 4.95. The van der Waals surface area contributed by atoms with Crippen molar-refractivity contribution in [3.05, 3.63) is 11.7 Å². The van der Waals surface area contributed by atoms with Gasteiger partial charge in [0.25, 0.3) is 5.89 Å². The molecule has 56 valence electrons. The van der Waals surface area contributed by atoms with Crippen molar-refractivity contribution in [2.24, 2.45) is 0 Å². The highest BCUT2D eigenvalue weighted by atomic mass is 127. The van der Waals surface area contributed by atoms with Crippen molar-refractivity contribution < 1.29 is 4.52 Å². The van der Waals surface area contributed by atoms with Crippen molar-refractivity contribution in [3.63, 3.8) is 0 Å². The standard InChI is InChI=1S/C5H6I2N2O/c1-3-8-4(10-9-3)5(2,6)7/h1-2H3. The Balaban J connectivity index is 2.96. The van der Waals surface area contributed by atoms with Crippen LogP contribution in [0.15, 0.2) is 4.52 Å². The van der Waals surface area contributed by atoms with E-state index < -0.39 is 0 Å². The second-order valence-electron chi connectivity index (χ2n) is 2.04. The molecule has 1 aromatic rings. The molecular formula is C5H6I2N2O. The van der Waals surface area contributed by atoms with Crippen LogP contribution in [0.2, 0.25) is 0 Å². The number of nitrogens with zero attached hydrogens (tertiary/aromatic N) is 2. The number of hydrogen-bond acceptors (Lipinski definition) is 3. The van der Waals surface area contributed by atoms with E-state index in [1.807, 2.05) is 13.8 Å². The van der Waals surface area contributed by atoms with E-state index in [0.29, 0.717) is 11.7 Å². The lowest BCUT2D eigenvalue weighted by Gasteiger charge is -2.05. The highest BCUT2D eigenvalue weighted by Gasteiger charge is 2.24. The van der Waals surface area contributed by atoms with Gasteiger partial charge in [-0.05, 0) is 13.8 Å². The monoisotopic (exact) mass is 364 g/mol. The molecule has 0 aliphatic heterocycles. The van der Waals surface area contributed by atoms with Crippen molar-refractivity contribution in [2.75, 3.05) is 0 Å². The number of aryl methyl sites for hydroxylation is 1. The Kier molecular flexibility index (Phi) is 2.54. The molecule has 1 aromatic heterocycles. The first-order valence-corrected chi connectivity index (χ1v) is 4.84. The van der Waals surface area contributed by atoms with Gasteiger partial charge in [0, 0.05) is 0 Å². The van der Waals surface area contributed by atoms with Crippen LogP contribution in [0.4, 0.5) is 0 Å². The first-order chi connectivity index (χ1) is 4.50. The summed E-state index contributed by atoms with van der Waals surface area (Å²) in [5.74, 6) is 1.36. The summed E-state index contributed by atoms with van der Waals surface area (Å²) in [4.78, 5) is 4.09. The average molecular weight is 364 g/mol. The molecule has 0 spiro atoms. The van der Waals surface area contributed by atoms with Gasteiger partial charge in [-0.3, -0.25) is 0 Å². The third-order valence-corrected chi connectivity index (χ3v) is 1.83. The molecule has 0 unspecified atom stereocenters. The highest BCUT2D eigenvalue weighted by Crippen LogP contribution is 2.36. The normalized spacial score (nSPS) is 12.0. The molecule has 5 heteroatoms. The third kappa shape index (κ3) is 2.04. The van der Waals surface area contributed by atoms with Gasteiger partial charge in [-0.15, -0.1) is 0 Å². The topological polar surface area (TPSA) is 38.9 Å². The zero-order valence-corrected chi connectivity index (χ0v) is 9.87. The summed E-state index contributed by atoms with van der Waals surface area (Å²) in [5, 5.41) is 3.69. The van der Waals surface area contributed by atoms with Crippen molar-refractivity contribution in [1.29, 1.82) is 0 Å². The summed E-state index contributed by atoms with van der Waals surface area (Å²) in [6.45, 7) is 3.83. The van der Waals surface area contributed by atoms with Crippen molar-refractivity contribution in [1.82, 2.24) is 10.1 Å². The fraction of sp³-hybridized carbons (Fsp3) is 0.600. The summed E-state index contributed by atoms with van der Waals surface area (Å²) >= 11 is 4.49. The minimum absolute atomic E-state index is 0.0865. The lowest BCUT2D eigenvalue weighted by atomic mass is 10.5. The van der Waals surface area contributed by atoms with Crippen LogP contribution < -0.4 is 0 Å². The molecule has 0 atom stereocenters. The largest absolute Gasteiger partial charge is 0.337 e. The Morgan fingerprint density at radius 2 is 2.10 bits per heavy atom. The molecule has 0 saturated heterocycles. The first kappa shape index (κ1) is 8.69. The molecule has 0 saturated carbocycles. The number of rotatable bonds is 1. The lowest BCUT2D eigenvalue weighted by Crippen LogP contribution is -2.01. The maximum Gasteiger partial charge on any atom is 0.252 e. The molecule has 10 heavy (non-hydrogen) atoms. The smallest absolute Gasteiger partial charge is 0.252 e. The zero-order chi connectivity index (χ0) is 7.78. The van der Waals surface area contributed by atoms with E-state index in [4.69, 9.17) is 4.52 Å². The fourth-order valence-corrected chi connectivity index (χ4v) is 0.914. The molecule has 1 rings (SSSR count). The Morgan fingerprint density at radius 3 is 2.30 bits per heavy atom.